The lowest BCUT2D eigenvalue weighted by molar-refractivity contribution is -0.282. The third kappa shape index (κ3) is 11.0. The van der Waals surface area contributed by atoms with E-state index < -0.39 is 67.2 Å². The summed E-state index contributed by atoms with van der Waals surface area (Å²) in [7, 11) is 17.2. The van der Waals surface area contributed by atoms with Crippen LogP contribution in [-0.2, 0) is 28.4 Å². The number of hydrogen-bond acceptors (Lipinski definition) is 26. The number of para-hydroxylation sites is 2. The molecular formula is C60H58N2O24. The molecule has 0 aliphatic carbocycles. The van der Waals surface area contributed by atoms with Gasteiger partial charge >= 0.3 is 29.8 Å². The van der Waals surface area contributed by atoms with Crippen LogP contribution >= 0.6 is 0 Å². The summed E-state index contributed by atoms with van der Waals surface area (Å²) < 4.78 is 112. The SMILES string of the molecule is COc1cc(C(=O)OC2OC3COC(=O)c4cc5nc6ccccc6nc5c(OC)c4-c4c(cc(OC)c(OC)c4OC)C(=O)OC3C(OC(=O)c3cc(OC)c(OC)c(OC)c3)C2OC(=O)c2cc(OC)c(OC)c(OC)c2)cc(OC)c1OC. The summed E-state index contributed by atoms with van der Waals surface area (Å²) in [5.41, 5.74) is -0.420. The zero-order valence-corrected chi connectivity index (χ0v) is 48.7. The Hall–Kier alpha value is -10.4. The fraction of sp³-hybridized carbons (Fsp3) is 0.317. The molecule has 3 heterocycles. The predicted molar refractivity (Wildman–Crippen MR) is 299 cm³/mol. The molecule has 1 saturated heterocycles. The smallest absolute Gasteiger partial charge is 0.340 e. The normalized spacial score (nSPS) is 17.1. The van der Waals surface area contributed by atoms with Crippen LogP contribution in [0.2, 0.25) is 0 Å². The Morgan fingerprint density at radius 2 is 0.814 bits per heavy atom. The highest BCUT2D eigenvalue weighted by Gasteiger charge is 2.55. The van der Waals surface area contributed by atoms with Crippen molar-refractivity contribution in [2.24, 2.45) is 0 Å². The summed E-state index contributed by atoms with van der Waals surface area (Å²) in [4.78, 5) is 85.5. The fourth-order valence-electron chi connectivity index (χ4n) is 9.99. The van der Waals surface area contributed by atoms with Crippen LogP contribution in [0.25, 0.3) is 33.2 Å². The number of carbonyl (C=O) groups is 5. The minimum atomic E-state index is -2.18. The summed E-state index contributed by atoms with van der Waals surface area (Å²) in [5, 5.41) is 0. The predicted octanol–water partition coefficient (Wildman–Crippen LogP) is 7.29. The van der Waals surface area contributed by atoms with Crippen molar-refractivity contribution in [3.63, 3.8) is 0 Å². The Bertz CT molecular complexity index is 3720. The van der Waals surface area contributed by atoms with Crippen molar-refractivity contribution in [3.8, 4) is 85.9 Å². The highest BCUT2D eigenvalue weighted by atomic mass is 16.7. The lowest BCUT2D eigenvalue weighted by atomic mass is 9.91. The molecule has 26 heteroatoms. The minimum absolute atomic E-state index is 0.00977. The number of carbonyl (C=O) groups excluding carboxylic acids is 5. The van der Waals surface area contributed by atoms with Crippen molar-refractivity contribution < 1.29 is 114 Å². The molecule has 2 aliphatic rings. The van der Waals surface area contributed by atoms with E-state index in [1.165, 1.54) is 141 Å². The number of esters is 5. The van der Waals surface area contributed by atoms with Gasteiger partial charge in [0.15, 0.2) is 64.0 Å². The summed E-state index contributed by atoms with van der Waals surface area (Å²) in [5.74, 6) is -5.84. The second-order valence-electron chi connectivity index (χ2n) is 18.4. The minimum Gasteiger partial charge on any atom is -0.494 e. The number of hydrogen-bond donors (Lipinski definition) is 0. The molecule has 1 aromatic heterocycles. The Kier molecular flexibility index (Phi) is 18.0. The van der Waals surface area contributed by atoms with E-state index in [0.717, 1.165) is 0 Å². The summed E-state index contributed by atoms with van der Waals surface area (Å²) >= 11 is 0. The van der Waals surface area contributed by atoms with Crippen molar-refractivity contribution >= 4 is 51.9 Å². The highest BCUT2D eigenvalue weighted by Crippen LogP contribution is 2.53. The maximum Gasteiger partial charge on any atom is 0.340 e. The second-order valence-corrected chi connectivity index (χ2v) is 18.4. The third-order valence-electron chi connectivity index (χ3n) is 13.9. The zero-order chi connectivity index (χ0) is 61.7. The molecule has 0 bridgehead atoms. The van der Waals surface area contributed by atoms with Crippen LogP contribution in [0.4, 0.5) is 0 Å². The largest absolute Gasteiger partial charge is 0.494 e. The molecule has 9 rings (SSSR count). The van der Waals surface area contributed by atoms with Gasteiger partial charge in [-0.1, -0.05) is 12.1 Å². The topological polar surface area (TPSA) is 286 Å². The Morgan fingerprint density at radius 3 is 1.26 bits per heavy atom. The van der Waals surface area contributed by atoms with Gasteiger partial charge < -0.3 is 90.0 Å². The van der Waals surface area contributed by atoms with Gasteiger partial charge in [-0.05, 0) is 60.7 Å². The molecule has 0 spiro atoms. The van der Waals surface area contributed by atoms with E-state index in [2.05, 4.69) is 0 Å². The summed E-state index contributed by atoms with van der Waals surface area (Å²) in [6, 6.07) is 17.2. The standard InChI is InChI=1S/C60H58N2O24/c1-68-35-18-27(19-36(69-2)46(35)75-8)55(63)84-53-50-42(82-60(86-57(65)29-22-39(72-5)48(77-10)40(23-29)73-6)54(53)85-56(64)28-20-37(70-3)47(76-9)38(21-28)71-4)26-81-58(66)30-24-34-45(62-33-17-15-14-16-32(33)61-34)51(79-12)43(30)44-31(59(67)83-50)25-41(74-7)49(78-11)52(44)80-13/h14-25,42,50,53-54,60H,26H2,1-13H3. The molecule has 26 nitrogen and oxygen atoms in total. The molecule has 0 N–H and O–H groups in total. The third-order valence-corrected chi connectivity index (χ3v) is 13.9. The van der Waals surface area contributed by atoms with Gasteiger partial charge in [0.25, 0.3) is 0 Å². The van der Waals surface area contributed by atoms with Gasteiger partial charge in [-0.2, -0.15) is 0 Å². The van der Waals surface area contributed by atoms with Crippen LogP contribution in [0, 0.1) is 0 Å². The molecule has 5 unspecified atom stereocenters. The van der Waals surface area contributed by atoms with Crippen LogP contribution < -0.4 is 61.6 Å². The Morgan fingerprint density at radius 1 is 0.419 bits per heavy atom. The lowest BCUT2D eigenvalue weighted by Crippen LogP contribution is -2.63. The molecule has 2 aliphatic heterocycles. The van der Waals surface area contributed by atoms with E-state index in [1.807, 2.05) is 0 Å². The maximum atomic E-state index is 15.8. The summed E-state index contributed by atoms with van der Waals surface area (Å²) in [6.45, 7) is -0.885. The molecule has 7 aromatic rings. The van der Waals surface area contributed by atoms with Gasteiger partial charge in [-0.25, -0.2) is 33.9 Å². The number of methoxy groups -OCH3 is 13. The first-order valence-corrected chi connectivity index (χ1v) is 25.8. The van der Waals surface area contributed by atoms with Crippen molar-refractivity contribution in [3.05, 3.63) is 101 Å². The van der Waals surface area contributed by atoms with Crippen molar-refractivity contribution in [2.45, 2.75) is 30.7 Å². The number of rotatable bonds is 19. The van der Waals surface area contributed by atoms with Gasteiger partial charge in [-0.15, -0.1) is 0 Å². The number of fused-ring (bicyclic) bond motifs is 6. The van der Waals surface area contributed by atoms with Gasteiger partial charge in [0.1, 0.15) is 18.2 Å². The number of nitrogens with zero attached hydrogens (tertiary/aromatic N) is 2. The van der Waals surface area contributed by atoms with Crippen LogP contribution in [0.5, 0.6) is 74.7 Å². The molecule has 86 heavy (non-hydrogen) atoms. The Labute approximate surface area is 490 Å². The molecule has 5 atom stereocenters. The van der Waals surface area contributed by atoms with Crippen molar-refractivity contribution in [1.82, 2.24) is 9.97 Å². The first-order valence-electron chi connectivity index (χ1n) is 25.8. The molecule has 6 aromatic carbocycles. The van der Waals surface area contributed by atoms with Gasteiger partial charge in [0.2, 0.25) is 35.4 Å². The first-order chi connectivity index (χ1) is 41.6. The Balaban J connectivity index is 1.30. The first kappa shape index (κ1) is 60.2. The van der Waals surface area contributed by atoms with Gasteiger partial charge in [0, 0.05) is 11.1 Å². The molecule has 452 valence electrons. The van der Waals surface area contributed by atoms with E-state index in [0.29, 0.717) is 11.0 Å². The molecule has 1 fully saturated rings. The number of aromatic nitrogens is 2. The quantitative estimate of drug-likeness (QED) is 0.0436. The van der Waals surface area contributed by atoms with Crippen LogP contribution in [0.15, 0.2) is 72.8 Å². The van der Waals surface area contributed by atoms with Gasteiger partial charge in [0.05, 0.1) is 137 Å². The monoisotopic (exact) mass is 1190 g/mol. The average Bonchev–Trinajstić information content (AvgIpc) is 1.02. The van der Waals surface area contributed by atoms with E-state index in [-0.39, 0.29) is 125 Å². The number of ether oxygens (including phenoxy) is 19. The van der Waals surface area contributed by atoms with E-state index in [4.69, 9.17) is 100.0 Å². The fourth-order valence-corrected chi connectivity index (χ4v) is 9.99. The van der Waals surface area contributed by atoms with E-state index >= 15 is 14.4 Å². The van der Waals surface area contributed by atoms with Crippen LogP contribution in [-0.4, -0.2) is 170 Å². The van der Waals surface area contributed by atoms with E-state index in [1.54, 1.807) is 24.3 Å². The van der Waals surface area contributed by atoms with Crippen molar-refractivity contribution in [2.75, 3.05) is 99.0 Å². The lowest BCUT2D eigenvalue weighted by Gasteiger charge is -2.43. The second kappa shape index (κ2) is 25.6. The average molecular weight is 1190 g/mol. The zero-order valence-electron chi connectivity index (χ0n) is 48.7. The van der Waals surface area contributed by atoms with Crippen molar-refractivity contribution in [1.29, 1.82) is 0 Å². The van der Waals surface area contributed by atoms with Crippen LogP contribution in [0.1, 0.15) is 51.8 Å². The maximum absolute atomic E-state index is 15.8. The van der Waals surface area contributed by atoms with E-state index in [9.17, 15) is 9.59 Å². The van der Waals surface area contributed by atoms with Gasteiger partial charge in [-0.3, -0.25) is 0 Å². The number of cyclic esters (lactones) is 1. The molecule has 0 radical (unpaired) electrons. The molecular weight excluding hydrogens is 1130 g/mol. The molecule has 0 saturated carbocycles. The number of benzene rings is 6. The summed E-state index contributed by atoms with van der Waals surface area (Å²) in [6.07, 6.45) is -10.3. The molecule has 0 amide bonds. The highest BCUT2D eigenvalue weighted by molar-refractivity contribution is 6.12. The van der Waals surface area contributed by atoms with Crippen LogP contribution in [0.3, 0.4) is 0 Å².